The molecule has 0 fully saturated rings. The zero-order chi connectivity index (χ0) is 14.1. The van der Waals surface area contributed by atoms with Crippen LogP contribution in [0.3, 0.4) is 0 Å². The summed E-state index contributed by atoms with van der Waals surface area (Å²) in [4.78, 5) is 13.2. The molecule has 0 N–H and O–H groups in total. The lowest BCUT2D eigenvalue weighted by molar-refractivity contribution is 0.934. The van der Waals surface area contributed by atoms with Gasteiger partial charge in [0.2, 0.25) is 0 Å². The summed E-state index contributed by atoms with van der Waals surface area (Å²) in [6.07, 6.45) is 4.42. The summed E-state index contributed by atoms with van der Waals surface area (Å²) in [5.74, 6) is 0.761. The average molecular weight is 284 g/mol. The summed E-state index contributed by atoms with van der Waals surface area (Å²) in [7, 11) is 0. The summed E-state index contributed by atoms with van der Waals surface area (Å²) >= 11 is 6.23. The maximum absolute atomic E-state index is 6.23. The van der Waals surface area contributed by atoms with Crippen LogP contribution in [0.15, 0.2) is 36.7 Å². The summed E-state index contributed by atoms with van der Waals surface area (Å²) in [6, 6.07) is 8.14. The molecule has 0 aliphatic carbocycles. The summed E-state index contributed by atoms with van der Waals surface area (Å²) in [6.45, 7) is 3.97. The number of fused-ring (bicyclic) bond motifs is 1. The van der Waals surface area contributed by atoms with E-state index in [-0.39, 0.29) is 0 Å². The van der Waals surface area contributed by atoms with Gasteiger partial charge in [0, 0.05) is 35.3 Å². The SMILES string of the molecule is CCc1nc(Cl)c(C)c(-c2cccc3ccncc23)n1. The van der Waals surface area contributed by atoms with E-state index in [2.05, 4.69) is 27.1 Å². The topological polar surface area (TPSA) is 38.7 Å². The van der Waals surface area contributed by atoms with Gasteiger partial charge in [-0.1, -0.05) is 36.7 Å². The number of aromatic nitrogens is 3. The number of hydrogen-bond acceptors (Lipinski definition) is 3. The molecule has 2 heterocycles. The Bertz CT molecular complexity index is 779. The number of aryl methyl sites for hydroxylation is 1. The van der Waals surface area contributed by atoms with E-state index in [9.17, 15) is 0 Å². The molecule has 3 aromatic rings. The molecule has 0 aliphatic heterocycles. The molecule has 0 saturated carbocycles. The Morgan fingerprint density at radius 2 is 2.00 bits per heavy atom. The number of halogens is 1. The molecule has 0 aliphatic rings. The fraction of sp³-hybridized carbons (Fsp3) is 0.188. The molecule has 3 rings (SSSR count). The molecule has 0 radical (unpaired) electrons. The number of nitrogens with zero attached hydrogens (tertiary/aromatic N) is 3. The van der Waals surface area contributed by atoms with E-state index in [0.717, 1.165) is 39.8 Å². The van der Waals surface area contributed by atoms with Gasteiger partial charge in [-0.2, -0.15) is 0 Å². The van der Waals surface area contributed by atoms with Crippen molar-refractivity contribution in [3.05, 3.63) is 53.2 Å². The lowest BCUT2D eigenvalue weighted by Gasteiger charge is -2.11. The highest BCUT2D eigenvalue weighted by atomic mass is 35.5. The first-order chi connectivity index (χ1) is 9.70. The Morgan fingerprint density at radius 1 is 1.15 bits per heavy atom. The van der Waals surface area contributed by atoms with Gasteiger partial charge < -0.3 is 0 Å². The standard InChI is InChI=1S/C16H14ClN3/c1-3-14-19-15(10(2)16(17)20-14)12-6-4-5-11-7-8-18-9-13(11)12/h4-9H,3H2,1-2H3. The second-order valence-electron chi connectivity index (χ2n) is 4.66. The van der Waals surface area contributed by atoms with Gasteiger partial charge in [0.1, 0.15) is 11.0 Å². The molecule has 0 amide bonds. The second kappa shape index (κ2) is 5.17. The Hall–Kier alpha value is -2.00. The van der Waals surface area contributed by atoms with Crippen molar-refractivity contribution in [1.29, 1.82) is 0 Å². The third-order valence-electron chi connectivity index (χ3n) is 3.39. The Kier molecular flexibility index (Phi) is 3.36. The quantitative estimate of drug-likeness (QED) is 0.661. The van der Waals surface area contributed by atoms with Crippen LogP contribution in [0.1, 0.15) is 18.3 Å². The van der Waals surface area contributed by atoms with Crippen LogP contribution >= 0.6 is 11.6 Å². The minimum Gasteiger partial charge on any atom is -0.264 e. The van der Waals surface area contributed by atoms with Gasteiger partial charge in [0.05, 0.1) is 5.69 Å². The molecule has 2 aromatic heterocycles. The van der Waals surface area contributed by atoms with Crippen LogP contribution in [-0.2, 0) is 6.42 Å². The van der Waals surface area contributed by atoms with E-state index in [1.165, 1.54) is 0 Å². The van der Waals surface area contributed by atoms with Crippen molar-refractivity contribution in [2.75, 3.05) is 0 Å². The van der Waals surface area contributed by atoms with Gasteiger partial charge in [-0.15, -0.1) is 0 Å². The molecular weight excluding hydrogens is 270 g/mol. The van der Waals surface area contributed by atoms with Crippen LogP contribution in [0, 0.1) is 6.92 Å². The van der Waals surface area contributed by atoms with Crippen molar-refractivity contribution in [2.45, 2.75) is 20.3 Å². The van der Waals surface area contributed by atoms with Crippen LogP contribution in [0.25, 0.3) is 22.0 Å². The lowest BCUT2D eigenvalue weighted by Crippen LogP contribution is -2.00. The van der Waals surface area contributed by atoms with Crippen LogP contribution in [0.5, 0.6) is 0 Å². The molecule has 3 nitrogen and oxygen atoms in total. The molecule has 20 heavy (non-hydrogen) atoms. The average Bonchev–Trinajstić information content (AvgIpc) is 2.49. The van der Waals surface area contributed by atoms with Gasteiger partial charge in [-0.3, -0.25) is 4.98 Å². The number of pyridine rings is 1. The number of benzene rings is 1. The van der Waals surface area contributed by atoms with Crippen LogP contribution < -0.4 is 0 Å². The Morgan fingerprint density at radius 3 is 2.80 bits per heavy atom. The second-order valence-corrected chi connectivity index (χ2v) is 5.02. The molecule has 0 bridgehead atoms. The third-order valence-corrected chi connectivity index (χ3v) is 3.76. The van der Waals surface area contributed by atoms with Gasteiger partial charge in [-0.05, 0) is 18.4 Å². The van der Waals surface area contributed by atoms with E-state index in [0.29, 0.717) is 5.15 Å². The highest BCUT2D eigenvalue weighted by molar-refractivity contribution is 6.30. The normalized spacial score (nSPS) is 10.9. The number of rotatable bonds is 2. The van der Waals surface area contributed by atoms with Crippen molar-refractivity contribution >= 4 is 22.4 Å². The molecule has 100 valence electrons. The van der Waals surface area contributed by atoms with Gasteiger partial charge in [0.15, 0.2) is 0 Å². The van der Waals surface area contributed by atoms with Crippen molar-refractivity contribution in [1.82, 2.24) is 15.0 Å². The van der Waals surface area contributed by atoms with Crippen molar-refractivity contribution in [2.24, 2.45) is 0 Å². The first-order valence-electron chi connectivity index (χ1n) is 6.57. The smallest absolute Gasteiger partial charge is 0.136 e. The zero-order valence-corrected chi connectivity index (χ0v) is 12.1. The molecule has 0 saturated heterocycles. The fourth-order valence-electron chi connectivity index (χ4n) is 2.27. The Balaban J connectivity index is 2.33. The van der Waals surface area contributed by atoms with Crippen LogP contribution in [0.4, 0.5) is 0 Å². The predicted octanol–water partition coefficient (Wildman–Crippen LogP) is 4.22. The lowest BCUT2D eigenvalue weighted by atomic mass is 10.0. The molecule has 0 unspecified atom stereocenters. The predicted molar refractivity (Wildman–Crippen MR) is 81.9 cm³/mol. The summed E-state index contributed by atoms with van der Waals surface area (Å²) in [5, 5.41) is 2.74. The highest BCUT2D eigenvalue weighted by Gasteiger charge is 2.13. The largest absolute Gasteiger partial charge is 0.264 e. The number of hydrogen-bond donors (Lipinski definition) is 0. The molecule has 1 aromatic carbocycles. The Labute approximate surface area is 122 Å². The molecular formula is C16H14ClN3. The minimum absolute atomic E-state index is 0.521. The first kappa shape index (κ1) is 13.0. The van der Waals surface area contributed by atoms with E-state index in [1.54, 1.807) is 6.20 Å². The maximum atomic E-state index is 6.23. The van der Waals surface area contributed by atoms with E-state index >= 15 is 0 Å². The van der Waals surface area contributed by atoms with E-state index in [4.69, 9.17) is 11.6 Å². The third kappa shape index (κ3) is 2.14. The molecule has 4 heteroatoms. The summed E-state index contributed by atoms with van der Waals surface area (Å²) < 4.78 is 0. The monoisotopic (exact) mass is 283 g/mol. The maximum Gasteiger partial charge on any atom is 0.136 e. The van der Waals surface area contributed by atoms with Crippen molar-refractivity contribution in [3.63, 3.8) is 0 Å². The first-order valence-corrected chi connectivity index (χ1v) is 6.94. The van der Waals surface area contributed by atoms with Crippen molar-refractivity contribution in [3.8, 4) is 11.3 Å². The van der Waals surface area contributed by atoms with Crippen LogP contribution in [-0.4, -0.2) is 15.0 Å². The van der Waals surface area contributed by atoms with Gasteiger partial charge in [-0.25, -0.2) is 9.97 Å². The summed E-state index contributed by atoms with van der Waals surface area (Å²) in [5.41, 5.74) is 2.84. The van der Waals surface area contributed by atoms with E-state index in [1.807, 2.05) is 32.2 Å². The zero-order valence-electron chi connectivity index (χ0n) is 11.4. The molecule has 0 spiro atoms. The minimum atomic E-state index is 0.521. The fourth-order valence-corrected chi connectivity index (χ4v) is 2.46. The van der Waals surface area contributed by atoms with Gasteiger partial charge >= 0.3 is 0 Å². The van der Waals surface area contributed by atoms with Crippen molar-refractivity contribution < 1.29 is 0 Å². The van der Waals surface area contributed by atoms with Crippen LogP contribution in [0.2, 0.25) is 5.15 Å². The highest BCUT2D eigenvalue weighted by Crippen LogP contribution is 2.31. The van der Waals surface area contributed by atoms with Gasteiger partial charge in [0.25, 0.3) is 0 Å². The molecule has 0 atom stereocenters. The van der Waals surface area contributed by atoms with E-state index < -0.39 is 0 Å².